The first-order valence-electron chi connectivity index (χ1n) is 3.95. The van der Waals surface area contributed by atoms with E-state index in [1.807, 2.05) is 26.2 Å². The lowest BCUT2D eigenvalue weighted by atomic mass is 10.5. The molecule has 1 heterocycles. The van der Waals surface area contributed by atoms with Crippen LogP contribution < -0.4 is 5.09 Å². The first-order valence-corrected chi connectivity index (χ1v) is 7.85. The van der Waals surface area contributed by atoms with Crippen LogP contribution >= 0.6 is 18.3 Å². The van der Waals surface area contributed by atoms with Gasteiger partial charge in [-0.2, -0.15) is 0 Å². The summed E-state index contributed by atoms with van der Waals surface area (Å²) >= 11 is 6.90. The summed E-state index contributed by atoms with van der Waals surface area (Å²) in [5.41, 5.74) is 1.04. The standard InChI is InChI=1S/C7H13N2OPS2/c1-4-10-11(12)8-6(2)5-7(9-11)13-3/h5H,4H2,1-3H3,(H,8,9,12). The molecule has 1 aliphatic heterocycles. The molecule has 1 unspecified atom stereocenters. The van der Waals surface area contributed by atoms with Gasteiger partial charge < -0.3 is 9.61 Å². The molecule has 0 saturated heterocycles. The Morgan fingerprint density at radius 2 is 2.46 bits per heavy atom. The van der Waals surface area contributed by atoms with E-state index < -0.39 is 6.57 Å². The average Bonchev–Trinajstić information content (AvgIpc) is 2.02. The van der Waals surface area contributed by atoms with Gasteiger partial charge in [-0.25, -0.2) is 4.76 Å². The summed E-state index contributed by atoms with van der Waals surface area (Å²) in [6.07, 6.45) is 3.97. The Labute approximate surface area is 88.2 Å². The van der Waals surface area contributed by atoms with E-state index in [1.54, 1.807) is 11.8 Å². The molecule has 0 radical (unpaired) electrons. The van der Waals surface area contributed by atoms with Crippen LogP contribution in [0.3, 0.4) is 0 Å². The maximum Gasteiger partial charge on any atom is 0.271 e. The number of nitrogens with one attached hydrogen (secondary N) is 1. The molecule has 0 aliphatic carbocycles. The zero-order chi connectivity index (χ0) is 9.90. The van der Waals surface area contributed by atoms with Crippen molar-refractivity contribution >= 4 is 35.2 Å². The number of hydrogen-bond donors (Lipinski definition) is 1. The number of hydrogen-bond acceptors (Lipinski definition) is 3. The van der Waals surface area contributed by atoms with E-state index in [9.17, 15) is 0 Å². The van der Waals surface area contributed by atoms with Gasteiger partial charge in [-0.1, -0.05) is 0 Å². The fourth-order valence-corrected chi connectivity index (χ4v) is 4.44. The largest absolute Gasteiger partial charge is 0.324 e. The molecule has 0 amide bonds. The molecular weight excluding hydrogens is 223 g/mol. The zero-order valence-electron chi connectivity index (χ0n) is 7.90. The van der Waals surface area contributed by atoms with Crippen molar-refractivity contribution in [3.05, 3.63) is 11.8 Å². The molecule has 0 aromatic heterocycles. The third kappa shape index (κ3) is 3.09. The highest BCUT2D eigenvalue weighted by atomic mass is 32.4. The fourth-order valence-electron chi connectivity index (χ4n) is 0.960. The number of nitrogens with zero attached hydrogens (tertiary/aromatic N) is 1. The van der Waals surface area contributed by atoms with Gasteiger partial charge in [-0.05, 0) is 38.0 Å². The van der Waals surface area contributed by atoms with Crippen molar-refractivity contribution in [1.82, 2.24) is 5.09 Å². The van der Waals surface area contributed by atoms with Gasteiger partial charge in [0, 0.05) is 5.70 Å². The highest BCUT2D eigenvalue weighted by molar-refractivity contribution is 8.15. The van der Waals surface area contributed by atoms with E-state index in [4.69, 9.17) is 16.3 Å². The summed E-state index contributed by atoms with van der Waals surface area (Å²) < 4.78 is 9.81. The Morgan fingerprint density at radius 3 is 3.00 bits per heavy atom. The zero-order valence-corrected chi connectivity index (χ0v) is 10.4. The minimum atomic E-state index is -2.16. The molecule has 1 aliphatic rings. The summed E-state index contributed by atoms with van der Waals surface area (Å²) in [6, 6.07) is 0. The molecule has 0 spiro atoms. The summed E-state index contributed by atoms with van der Waals surface area (Å²) in [6.45, 7) is 2.35. The number of allylic oxidation sites excluding steroid dienone is 1. The molecule has 0 bridgehead atoms. The smallest absolute Gasteiger partial charge is 0.271 e. The monoisotopic (exact) mass is 236 g/mol. The van der Waals surface area contributed by atoms with Crippen molar-refractivity contribution in [3.63, 3.8) is 0 Å². The van der Waals surface area contributed by atoms with E-state index in [2.05, 4.69) is 9.85 Å². The predicted molar refractivity (Wildman–Crippen MR) is 63.8 cm³/mol. The van der Waals surface area contributed by atoms with Crippen LogP contribution in [0.15, 0.2) is 16.5 Å². The second-order valence-electron chi connectivity index (χ2n) is 2.52. The van der Waals surface area contributed by atoms with Crippen molar-refractivity contribution in [2.24, 2.45) is 4.76 Å². The van der Waals surface area contributed by atoms with E-state index in [1.165, 1.54) is 0 Å². The summed E-state index contributed by atoms with van der Waals surface area (Å²) in [5, 5.41) is 4.07. The van der Waals surface area contributed by atoms with Gasteiger partial charge in [0.25, 0.3) is 6.57 Å². The maximum absolute atomic E-state index is 5.45. The topological polar surface area (TPSA) is 33.6 Å². The van der Waals surface area contributed by atoms with Crippen LogP contribution in [0.2, 0.25) is 0 Å². The van der Waals surface area contributed by atoms with Gasteiger partial charge in [0.2, 0.25) is 0 Å². The normalized spacial score (nSPS) is 27.6. The summed E-state index contributed by atoms with van der Waals surface area (Å²) in [4.78, 5) is 0. The fraction of sp³-hybridized carbons (Fsp3) is 0.571. The van der Waals surface area contributed by atoms with E-state index in [0.29, 0.717) is 6.61 Å². The number of rotatable bonds is 2. The Bertz CT molecular complexity index is 301. The number of thioether (sulfide) groups is 1. The molecule has 1 rings (SSSR count). The van der Waals surface area contributed by atoms with Crippen LogP contribution in [0.25, 0.3) is 0 Å². The van der Waals surface area contributed by atoms with Crippen LogP contribution in [0.1, 0.15) is 13.8 Å². The second kappa shape index (κ2) is 4.60. The van der Waals surface area contributed by atoms with Crippen LogP contribution in [0.4, 0.5) is 0 Å². The lowest BCUT2D eigenvalue weighted by molar-refractivity contribution is 0.372. The third-order valence-electron chi connectivity index (χ3n) is 1.40. The molecule has 1 N–H and O–H groups in total. The SMILES string of the molecule is CCOP1(=S)N=C(SC)C=C(C)N1. The third-order valence-corrected chi connectivity index (χ3v) is 4.72. The first-order chi connectivity index (χ1) is 6.09. The summed E-state index contributed by atoms with van der Waals surface area (Å²) in [7, 11) is 0. The van der Waals surface area contributed by atoms with Crippen molar-refractivity contribution in [1.29, 1.82) is 0 Å². The minimum absolute atomic E-state index is 0.600. The van der Waals surface area contributed by atoms with Gasteiger partial charge in [0.05, 0.1) is 6.61 Å². The summed E-state index contributed by atoms with van der Waals surface area (Å²) in [5.74, 6) is 0. The molecule has 0 aromatic carbocycles. The highest BCUT2D eigenvalue weighted by Gasteiger charge is 2.20. The molecule has 1 atom stereocenters. The minimum Gasteiger partial charge on any atom is -0.324 e. The van der Waals surface area contributed by atoms with Crippen LogP contribution in [0, 0.1) is 0 Å². The van der Waals surface area contributed by atoms with Gasteiger partial charge in [0.15, 0.2) is 0 Å². The predicted octanol–water partition coefficient (Wildman–Crippen LogP) is 2.52. The molecule has 3 nitrogen and oxygen atoms in total. The van der Waals surface area contributed by atoms with Gasteiger partial charge in [0.1, 0.15) is 5.04 Å². The lowest BCUT2D eigenvalue weighted by Gasteiger charge is -2.23. The van der Waals surface area contributed by atoms with Gasteiger partial charge in [-0.15, -0.1) is 11.8 Å². The van der Waals surface area contributed by atoms with Crippen LogP contribution in [-0.2, 0) is 16.3 Å². The first kappa shape index (κ1) is 11.2. The molecule has 0 saturated carbocycles. The van der Waals surface area contributed by atoms with Gasteiger partial charge in [-0.3, -0.25) is 0 Å². The Morgan fingerprint density at radius 1 is 1.77 bits per heavy atom. The molecule has 0 fully saturated rings. The average molecular weight is 236 g/mol. The van der Waals surface area contributed by atoms with E-state index >= 15 is 0 Å². The van der Waals surface area contributed by atoms with Crippen molar-refractivity contribution < 1.29 is 4.52 Å². The second-order valence-corrected chi connectivity index (χ2v) is 6.55. The van der Waals surface area contributed by atoms with Gasteiger partial charge >= 0.3 is 0 Å². The maximum atomic E-state index is 5.45. The Hall–Kier alpha value is 0.170. The van der Waals surface area contributed by atoms with E-state index in [0.717, 1.165) is 10.7 Å². The Balaban J connectivity index is 2.88. The molecule has 74 valence electrons. The van der Waals surface area contributed by atoms with Crippen molar-refractivity contribution in [2.45, 2.75) is 13.8 Å². The van der Waals surface area contributed by atoms with E-state index in [-0.39, 0.29) is 0 Å². The Kier molecular flexibility index (Phi) is 3.98. The molecule has 0 aromatic rings. The lowest BCUT2D eigenvalue weighted by Crippen LogP contribution is -2.14. The molecule has 13 heavy (non-hydrogen) atoms. The molecule has 6 heteroatoms. The quantitative estimate of drug-likeness (QED) is 0.747. The van der Waals surface area contributed by atoms with Crippen LogP contribution in [0.5, 0.6) is 0 Å². The van der Waals surface area contributed by atoms with Crippen LogP contribution in [-0.4, -0.2) is 17.9 Å². The highest BCUT2D eigenvalue weighted by Crippen LogP contribution is 2.48. The van der Waals surface area contributed by atoms with Crippen molar-refractivity contribution in [2.75, 3.05) is 12.9 Å². The molecular formula is C7H13N2OPS2. The van der Waals surface area contributed by atoms with Crippen molar-refractivity contribution in [3.8, 4) is 0 Å².